The second kappa shape index (κ2) is 11.2. The number of rotatable bonds is 5. The number of pyridine rings is 1. The van der Waals surface area contributed by atoms with Crippen molar-refractivity contribution in [3.05, 3.63) is 80.3 Å². The predicted molar refractivity (Wildman–Crippen MR) is 130 cm³/mol. The molecule has 2 aromatic carbocycles. The molecule has 42 heavy (non-hydrogen) atoms. The number of nitrogens with two attached hydrogens (primary N) is 1. The fourth-order valence-corrected chi connectivity index (χ4v) is 4.09. The number of halogens is 13. The summed E-state index contributed by atoms with van der Waals surface area (Å²) in [6, 6.07) is 2.86. The van der Waals surface area contributed by atoms with E-state index in [1.165, 1.54) is 17.4 Å². The topological polar surface area (TPSA) is 97.1 Å². The largest absolute Gasteiger partial charge is 0.435 e. The fraction of sp³-hybridized carbons (Fsp3) is 0.174. The predicted octanol–water partition coefficient (Wildman–Crippen LogP) is 8.03. The number of nitrogen functional groups attached to an aromatic ring is 1. The fourth-order valence-electron chi connectivity index (χ4n) is 3.41. The summed E-state index contributed by atoms with van der Waals surface area (Å²) >= 11 is 7.93. The number of nitrogens with zero attached hydrogens (tertiary/aromatic N) is 1. The molecule has 19 heteroatoms. The van der Waals surface area contributed by atoms with E-state index in [1.54, 1.807) is 0 Å². The van der Waals surface area contributed by atoms with Crippen LogP contribution in [0.1, 0.15) is 31.8 Å². The minimum Gasteiger partial charge on any atom is -0.397 e. The molecule has 0 saturated heterocycles. The van der Waals surface area contributed by atoms with E-state index in [0.717, 1.165) is 12.3 Å². The van der Waals surface area contributed by atoms with Crippen LogP contribution >= 0.6 is 27.5 Å². The summed E-state index contributed by atoms with van der Waals surface area (Å²) in [5.41, 5.74) is -9.42. The summed E-state index contributed by atoms with van der Waals surface area (Å²) in [5, 5.41) is 3.56. The van der Waals surface area contributed by atoms with Crippen LogP contribution in [0.15, 0.2) is 47.1 Å². The first-order chi connectivity index (χ1) is 19.1. The molecule has 0 aliphatic rings. The summed E-state index contributed by atoms with van der Waals surface area (Å²) in [4.78, 5) is 28.8. The van der Waals surface area contributed by atoms with Gasteiger partial charge >= 0.3 is 24.2 Å². The first kappa shape index (κ1) is 32.8. The number of anilines is 3. The normalized spacial score (nSPS) is 12.7. The first-order valence-corrected chi connectivity index (χ1v) is 11.8. The Morgan fingerprint density at radius 1 is 0.833 bits per heavy atom. The number of hydrogen-bond acceptors (Lipinski definition) is 4. The number of aromatic nitrogens is 1. The van der Waals surface area contributed by atoms with Gasteiger partial charge in [-0.15, -0.1) is 0 Å². The lowest BCUT2D eigenvalue weighted by atomic mass is 9.92. The van der Waals surface area contributed by atoms with Crippen molar-refractivity contribution < 1.29 is 57.9 Å². The van der Waals surface area contributed by atoms with E-state index >= 15 is 4.39 Å². The quantitative estimate of drug-likeness (QED) is 0.143. The van der Waals surface area contributed by atoms with E-state index in [1.807, 2.05) is 5.32 Å². The molecule has 0 aliphatic carbocycles. The van der Waals surface area contributed by atoms with Crippen LogP contribution in [0.5, 0.6) is 0 Å². The minimum atomic E-state index is -6.74. The van der Waals surface area contributed by atoms with E-state index in [9.17, 15) is 53.5 Å². The highest BCUT2D eigenvalue weighted by Crippen LogP contribution is 2.55. The summed E-state index contributed by atoms with van der Waals surface area (Å²) in [6.45, 7) is 0. The van der Waals surface area contributed by atoms with E-state index in [0.29, 0.717) is 6.07 Å². The summed E-state index contributed by atoms with van der Waals surface area (Å²) < 4.78 is 149. The average Bonchev–Trinajstić information content (AvgIpc) is 2.85. The smallest absolute Gasteiger partial charge is 0.397 e. The third-order valence-electron chi connectivity index (χ3n) is 5.46. The van der Waals surface area contributed by atoms with Crippen LogP contribution < -0.4 is 16.4 Å². The van der Waals surface area contributed by atoms with Crippen LogP contribution in [0, 0.1) is 5.82 Å². The zero-order chi connectivity index (χ0) is 32.0. The number of amides is 2. The maximum atomic E-state index is 15.2. The van der Waals surface area contributed by atoms with Gasteiger partial charge in [0.15, 0.2) is 5.82 Å². The molecule has 1 aromatic heterocycles. The summed E-state index contributed by atoms with van der Waals surface area (Å²) in [6.07, 6.45) is -18.3. The molecule has 1 heterocycles. The SMILES string of the molecule is Nc1ccc(C(=O)Nc2c(Br)cc(C(F)(C(F)(F)F)C(F)(F)F)cc2C(F)(F)F)c(F)c1NC(=O)c1ccc(Cl)nc1. The van der Waals surface area contributed by atoms with E-state index in [4.69, 9.17) is 17.3 Å². The van der Waals surface area contributed by atoms with Crippen molar-refractivity contribution in [2.75, 3.05) is 16.4 Å². The molecule has 0 spiro atoms. The molecule has 0 atom stereocenters. The first-order valence-electron chi connectivity index (χ1n) is 10.7. The molecule has 226 valence electrons. The molecule has 6 nitrogen and oxygen atoms in total. The van der Waals surface area contributed by atoms with Crippen molar-refractivity contribution in [3.63, 3.8) is 0 Å². The van der Waals surface area contributed by atoms with E-state index in [2.05, 4.69) is 20.9 Å². The lowest BCUT2D eigenvalue weighted by Crippen LogP contribution is -2.50. The second-order valence-electron chi connectivity index (χ2n) is 8.20. The molecular formula is C23H11BrClF11N4O2. The zero-order valence-corrected chi connectivity index (χ0v) is 22.1. The molecule has 3 aromatic rings. The Balaban J connectivity index is 2.07. The maximum absolute atomic E-state index is 15.2. The third kappa shape index (κ3) is 6.23. The van der Waals surface area contributed by atoms with Crippen molar-refractivity contribution in [1.29, 1.82) is 0 Å². The monoisotopic (exact) mass is 698 g/mol. The van der Waals surface area contributed by atoms with Gasteiger partial charge in [0.25, 0.3) is 11.8 Å². The van der Waals surface area contributed by atoms with Crippen molar-refractivity contribution in [3.8, 4) is 0 Å². The number of alkyl halides is 10. The van der Waals surface area contributed by atoms with Gasteiger partial charge in [-0.2, -0.15) is 39.5 Å². The molecule has 2 amide bonds. The molecule has 3 rings (SSSR count). The lowest BCUT2D eigenvalue weighted by Gasteiger charge is -2.31. The van der Waals surface area contributed by atoms with Crippen molar-refractivity contribution >= 4 is 56.4 Å². The van der Waals surface area contributed by atoms with Crippen LogP contribution in [0.25, 0.3) is 0 Å². The lowest BCUT2D eigenvalue weighted by molar-refractivity contribution is -0.348. The van der Waals surface area contributed by atoms with Crippen LogP contribution in [0.4, 0.5) is 65.4 Å². The summed E-state index contributed by atoms with van der Waals surface area (Å²) in [5.74, 6) is -4.31. The molecule has 0 unspecified atom stereocenters. The molecule has 4 N–H and O–H groups in total. The minimum absolute atomic E-state index is 0.00218. The summed E-state index contributed by atoms with van der Waals surface area (Å²) in [7, 11) is 0. The van der Waals surface area contributed by atoms with Gasteiger partial charge in [-0.25, -0.2) is 13.8 Å². The molecule has 0 fully saturated rings. The Morgan fingerprint density at radius 2 is 1.40 bits per heavy atom. The van der Waals surface area contributed by atoms with Gasteiger partial charge in [0.1, 0.15) is 10.8 Å². The molecule has 0 bridgehead atoms. The number of hydrogen-bond donors (Lipinski definition) is 3. The van der Waals surface area contributed by atoms with Crippen LogP contribution in [0.3, 0.4) is 0 Å². The van der Waals surface area contributed by atoms with Gasteiger partial charge in [-0.3, -0.25) is 9.59 Å². The van der Waals surface area contributed by atoms with Crippen molar-refractivity contribution in [1.82, 2.24) is 4.98 Å². The zero-order valence-electron chi connectivity index (χ0n) is 19.8. The second-order valence-corrected chi connectivity index (χ2v) is 9.44. The van der Waals surface area contributed by atoms with Gasteiger partial charge < -0.3 is 16.4 Å². The Kier molecular flexibility index (Phi) is 8.76. The highest BCUT2D eigenvalue weighted by molar-refractivity contribution is 9.10. The van der Waals surface area contributed by atoms with Gasteiger partial charge in [-0.1, -0.05) is 11.6 Å². The highest BCUT2D eigenvalue weighted by Gasteiger charge is 2.73. The van der Waals surface area contributed by atoms with Crippen LogP contribution in [-0.2, 0) is 11.8 Å². The van der Waals surface area contributed by atoms with Gasteiger partial charge in [0, 0.05) is 16.2 Å². The van der Waals surface area contributed by atoms with Crippen molar-refractivity contribution in [2.45, 2.75) is 24.2 Å². The number of carbonyl (C=O) groups excluding carboxylic acids is 2. The maximum Gasteiger partial charge on any atom is 0.435 e. The number of nitrogens with one attached hydrogen (secondary N) is 2. The van der Waals surface area contributed by atoms with E-state index < -0.39 is 86.1 Å². The van der Waals surface area contributed by atoms with Gasteiger partial charge in [0.05, 0.1) is 28.1 Å². The molecule has 0 aliphatic heterocycles. The Bertz CT molecular complexity index is 1530. The molecule has 0 saturated carbocycles. The average molecular weight is 700 g/mol. The Hall–Kier alpha value is -3.67. The third-order valence-corrected chi connectivity index (χ3v) is 6.31. The standard InChI is InChI=1S/C23H11BrClF11N4O2/c24-12-6-9(20(27,22(31,32)33)23(34,35)36)5-11(21(28,29)30)16(12)39-19(42)10-2-3-13(37)17(15(10)26)40-18(41)8-1-4-14(25)38-7-8/h1-7H,37H2,(H,39,42)(H,40,41). The van der Waals surface area contributed by atoms with Crippen LogP contribution in [-0.4, -0.2) is 29.2 Å². The van der Waals surface area contributed by atoms with E-state index in [-0.39, 0.29) is 16.8 Å². The molecule has 0 radical (unpaired) electrons. The highest BCUT2D eigenvalue weighted by atomic mass is 79.9. The number of benzene rings is 2. The van der Waals surface area contributed by atoms with Gasteiger partial charge in [-0.05, 0) is 52.3 Å². The Labute approximate surface area is 240 Å². The van der Waals surface area contributed by atoms with Crippen LogP contribution in [0.2, 0.25) is 5.15 Å². The van der Waals surface area contributed by atoms with Crippen molar-refractivity contribution in [2.24, 2.45) is 0 Å². The van der Waals surface area contributed by atoms with Gasteiger partial charge in [0.2, 0.25) is 0 Å². The number of carbonyl (C=O) groups is 2. The Morgan fingerprint density at radius 3 is 1.90 bits per heavy atom. The molecular weight excluding hydrogens is 689 g/mol.